The van der Waals surface area contributed by atoms with E-state index in [1.165, 1.54) is 23.5 Å². The topological polar surface area (TPSA) is 137 Å². The fourth-order valence-corrected chi connectivity index (χ4v) is 4.35. The maximum absolute atomic E-state index is 12.0. The van der Waals surface area contributed by atoms with Crippen molar-refractivity contribution in [1.82, 2.24) is 10.6 Å². The molecule has 0 fully saturated rings. The molecular weight excluding hydrogens is 436 g/mol. The quantitative estimate of drug-likeness (QED) is 0.353. The maximum Gasteiger partial charge on any atom is 0.408 e. The summed E-state index contributed by atoms with van der Waals surface area (Å²) in [5.41, 5.74) is 11.6. The molecule has 3 amide bonds. The minimum atomic E-state index is -0.866. The largest absolute Gasteiger partial charge is 0.445 e. The summed E-state index contributed by atoms with van der Waals surface area (Å²) < 4.78 is 5.14. The lowest BCUT2D eigenvalue weighted by Crippen LogP contribution is -2.46. The lowest BCUT2D eigenvalue weighted by molar-refractivity contribution is -0.120. The zero-order valence-electron chi connectivity index (χ0n) is 17.1. The summed E-state index contributed by atoms with van der Waals surface area (Å²) in [7, 11) is 1.69. The third kappa shape index (κ3) is 8.91. The number of rotatable bonds is 12. The molecule has 2 aromatic carbocycles. The fourth-order valence-electron chi connectivity index (χ4n) is 2.40. The van der Waals surface area contributed by atoms with Crippen molar-refractivity contribution in [2.75, 3.05) is 18.6 Å². The average molecular weight is 463 g/mol. The third-order valence-corrected chi connectivity index (χ3v) is 6.41. The molecule has 0 spiro atoms. The molecule has 10 heteroatoms. The number of carbonyl (C=O) groups is 3. The van der Waals surface area contributed by atoms with E-state index in [1.807, 2.05) is 54.6 Å². The second-order valence-electron chi connectivity index (χ2n) is 6.50. The van der Waals surface area contributed by atoms with Crippen LogP contribution in [0.1, 0.15) is 5.56 Å². The van der Waals surface area contributed by atoms with Gasteiger partial charge < -0.3 is 26.8 Å². The number of amides is 3. The van der Waals surface area contributed by atoms with Gasteiger partial charge in [0, 0.05) is 21.3 Å². The van der Waals surface area contributed by atoms with E-state index in [4.69, 9.17) is 16.2 Å². The highest BCUT2D eigenvalue weighted by Crippen LogP contribution is 2.24. The zero-order chi connectivity index (χ0) is 22.6. The Morgan fingerprint density at radius 2 is 1.39 bits per heavy atom. The summed E-state index contributed by atoms with van der Waals surface area (Å²) in [6, 6.07) is 15.6. The molecule has 0 aromatic heterocycles. The Hall–Kier alpha value is -2.69. The number of alkyl carbamates (subject to hydrolysis) is 1. The molecule has 6 N–H and O–H groups in total. The number of benzene rings is 2. The van der Waals surface area contributed by atoms with Gasteiger partial charge in [-0.15, -0.1) is 23.5 Å². The summed E-state index contributed by atoms with van der Waals surface area (Å²) in [6.07, 6.45) is -0.700. The second kappa shape index (κ2) is 12.9. The minimum Gasteiger partial charge on any atom is -0.445 e. The van der Waals surface area contributed by atoms with Gasteiger partial charge in [0.2, 0.25) is 11.8 Å². The van der Waals surface area contributed by atoms with Gasteiger partial charge in [-0.2, -0.15) is 0 Å². The molecule has 0 aliphatic rings. The number of nitrogens with one attached hydrogen (secondary N) is 2. The Balaban J connectivity index is 1.80. The number of ether oxygens (including phenoxy) is 1. The molecule has 0 saturated carbocycles. The van der Waals surface area contributed by atoms with Crippen molar-refractivity contribution in [2.24, 2.45) is 11.5 Å². The molecule has 0 radical (unpaired) electrons. The van der Waals surface area contributed by atoms with Crippen molar-refractivity contribution >= 4 is 41.4 Å². The molecule has 8 nitrogen and oxygen atoms in total. The second-order valence-corrected chi connectivity index (χ2v) is 8.68. The monoisotopic (exact) mass is 462 g/mol. The van der Waals surface area contributed by atoms with Crippen LogP contribution in [0.3, 0.4) is 0 Å². The number of carbonyl (C=O) groups excluding carboxylic acids is 3. The molecule has 166 valence electrons. The first kappa shape index (κ1) is 24.6. The van der Waals surface area contributed by atoms with Crippen LogP contribution in [0.5, 0.6) is 0 Å². The Kier molecular flexibility index (Phi) is 10.2. The molecule has 2 aromatic rings. The van der Waals surface area contributed by atoms with E-state index in [9.17, 15) is 14.4 Å². The summed E-state index contributed by atoms with van der Waals surface area (Å²) in [4.78, 5) is 36.9. The van der Waals surface area contributed by atoms with Crippen LogP contribution in [-0.2, 0) is 20.9 Å². The summed E-state index contributed by atoms with van der Waals surface area (Å²) in [5, 5.41) is 5.38. The van der Waals surface area contributed by atoms with E-state index in [-0.39, 0.29) is 12.4 Å². The standard InChI is InChI=1S/C21H26N4O4S2/c1-24-17(19(22)26)12-30-15-7-9-16(10-8-15)31-13-18(20(23)27)25-21(28)29-11-14-5-3-2-4-6-14/h2-10,17-18,24H,11-13H2,1H3,(H2,22,26)(H2,23,27)(H,25,28). The highest BCUT2D eigenvalue weighted by Gasteiger charge is 2.19. The predicted octanol–water partition coefficient (Wildman–Crippen LogP) is 1.72. The zero-order valence-corrected chi connectivity index (χ0v) is 18.7. The number of nitrogens with two attached hydrogens (primary N) is 2. The molecule has 0 aliphatic carbocycles. The summed E-state index contributed by atoms with van der Waals surface area (Å²) in [5.74, 6) is -0.238. The predicted molar refractivity (Wildman–Crippen MR) is 123 cm³/mol. The molecule has 0 saturated heterocycles. The minimum absolute atomic E-state index is 0.106. The van der Waals surface area contributed by atoms with Crippen molar-refractivity contribution in [3.63, 3.8) is 0 Å². The van der Waals surface area contributed by atoms with E-state index in [1.54, 1.807) is 7.05 Å². The van der Waals surface area contributed by atoms with Crippen LogP contribution in [0.4, 0.5) is 4.79 Å². The molecular formula is C21H26N4O4S2. The number of hydrogen-bond donors (Lipinski definition) is 4. The fraction of sp³-hybridized carbons (Fsp3) is 0.286. The van der Waals surface area contributed by atoms with Crippen molar-refractivity contribution < 1.29 is 19.1 Å². The molecule has 0 aliphatic heterocycles. The van der Waals surface area contributed by atoms with Crippen LogP contribution < -0.4 is 22.1 Å². The summed E-state index contributed by atoms with van der Waals surface area (Å²) >= 11 is 2.90. The lowest BCUT2D eigenvalue weighted by Gasteiger charge is -2.15. The smallest absolute Gasteiger partial charge is 0.408 e. The first-order valence-corrected chi connectivity index (χ1v) is 11.4. The molecule has 2 atom stereocenters. The number of hydrogen-bond acceptors (Lipinski definition) is 7. The van der Waals surface area contributed by atoms with Crippen molar-refractivity contribution in [2.45, 2.75) is 28.5 Å². The van der Waals surface area contributed by atoms with Gasteiger partial charge in [-0.05, 0) is 36.9 Å². The van der Waals surface area contributed by atoms with E-state index < -0.39 is 30.0 Å². The van der Waals surface area contributed by atoms with Gasteiger partial charge in [0.1, 0.15) is 12.6 Å². The van der Waals surface area contributed by atoms with Crippen LogP contribution in [0.2, 0.25) is 0 Å². The maximum atomic E-state index is 12.0. The Bertz CT molecular complexity index is 865. The first-order chi connectivity index (χ1) is 14.9. The van der Waals surface area contributed by atoms with Gasteiger partial charge in [0.15, 0.2) is 0 Å². The van der Waals surface area contributed by atoms with Gasteiger partial charge in [-0.25, -0.2) is 4.79 Å². The van der Waals surface area contributed by atoms with Crippen LogP contribution >= 0.6 is 23.5 Å². The SMILES string of the molecule is CNC(CSc1ccc(SCC(NC(=O)OCc2ccccc2)C(N)=O)cc1)C(N)=O. The van der Waals surface area contributed by atoms with E-state index in [0.717, 1.165) is 15.4 Å². The average Bonchev–Trinajstić information content (AvgIpc) is 2.76. The first-order valence-electron chi connectivity index (χ1n) is 9.47. The Morgan fingerprint density at radius 3 is 1.87 bits per heavy atom. The van der Waals surface area contributed by atoms with Crippen molar-refractivity contribution in [3.05, 3.63) is 60.2 Å². The number of thioether (sulfide) groups is 2. The van der Waals surface area contributed by atoms with E-state index >= 15 is 0 Å². The van der Waals surface area contributed by atoms with Crippen LogP contribution in [0.15, 0.2) is 64.4 Å². The summed E-state index contributed by atoms with van der Waals surface area (Å²) in [6.45, 7) is 0.106. The number of likely N-dealkylation sites (N-methyl/N-ethyl adjacent to an activating group) is 1. The molecule has 31 heavy (non-hydrogen) atoms. The normalized spacial score (nSPS) is 12.5. The van der Waals surface area contributed by atoms with E-state index in [0.29, 0.717) is 5.75 Å². The van der Waals surface area contributed by atoms with E-state index in [2.05, 4.69) is 10.6 Å². The van der Waals surface area contributed by atoms with Gasteiger partial charge in [0.05, 0.1) is 6.04 Å². The molecule has 0 heterocycles. The van der Waals surface area contributed by atoms with Crippen molar-refractivity contribution in [1.29, 1.82) is 0 Å². The van der Waals surface area contributed by atoms with Crippen LogP contribution in [0, 0.1) is 0 Å². The Labute approximate surface area is 189 Å². The Morgan fingerprint density at radius 1 is 0.871 bits per heavy atom. The molecule has 2 unspecified atom stereocenters. The highest BCUT2D eigenvalue weighted by atomic mass is 32.2. The van der Waals surface area contributed by atoms with Crippen molar-refractivity contribution in [3.8, 4) is 0 Å². The van der Waals surface area contributed by atoms with Gasteiger partial charge in [-0.3, -0.25) is 9.59 Å². The lowest BCUT2D eigenvalue weighted by atomic mass is 10.2. The molecule has 0 bridgehead atoms. The molecule has 2 rings (SSSR count). The highest BCUT2D eigenvalue weighted by molar-refractivity contribution is 7.99. The third-order valence-electron chi connectivity index (χ3n) is 4.20. The van der Waals surface area contributed by atoms with Crippen LogP contribution in [-0.4, -0.2) is 48.5 Å². The van der Waals surface area contributed by atoms with Crippen LogP contribution in [0.25, 0.3) is 0 Å². The van der Waals surface area contributed by atoms with Gasteiger partial charge in [-0.1, -0.05) is 30.3 Å². The number of primary amides is 2. The van der Waals surface area contributed by atoms with Gasteiger partial charge in [0.25, 0.3) is 0 Å². The van der Waals surface area contributed by atoms with Gasteiger partial charge >= 0.3 is 6.09 Å².